The molecule has 3 N–H and O–H groups in total. The topological polar surface area (TPSA) is 96.5 Å². The first-order chi connectivity index (χ1) is 14.6. The van der Waals surface area contributed by atoms with Gasteiger partial charge >= 0.3 is 6.09 Å². The van der Waals surface area contributed by atoms with Gasteiger partial charge in [0, 0.05) is 35.2 Å². The Bertz CT molecular complexity index is 908. The van der Waals surface area contributed by atoms with Gasteiger partial charge in [0.05, 0.1) is 0 Å². The fourth-order valence-corrected chi connectivity index (χ4v) is 2.89. The molecule has 0 saturated carbocycles. The number of amides is 3. The number of hydrogen-bond donors (Lipinski definition) is 3. The van der Waals surface area contributed by atoms with Gasteiger partial charge in [-0.15, -0.1) is 0 Å². The molecule has 0 unspecified atom stereocenters. The second-order valence-corrected chi connectivity index (χ2v) is 8.90. The third-order valence-electron chi connectivity index (χ3n) is 4.00. The van der Waals surface area contributed by atoms with Crippen LogP contribution in [-0.2, 0) is 20.7 Å². The lowest BCUT2D eigenvalue weighted by molar-refractivity contribution is -0.116. The van der Waals surface area contributed by atoms with E-state index in [0.29, 0.717) is 24.2 Å². The number of nitrogens with one attached hydrogen (secondary N) is 3. The van der Waals surface area contributed by atoms with Gasteiger partial charge in [-0.25, -0.2) is 4.79 Å². The van der Waals surface area contributed by atoms with Gasteiger partial charge in [0.25, 0.3) is 0 Å². The third-order valence-corrected chi connectivity index (χ3v) is 4.53. The van der Waals surface area contributed by atoms with Crippen molar-refractivity contribution in [3.8, 4) is 0 Å². The second kappa shape index (κ2) is 11.5. The average molecular weight is 490 g/mol. The van der Waals surface area contributed by atoms with Crippen molar-refractivity contribution in [1.82, 2.24) is 5.32 Å². The Balaban J connectivity index is 1.76. The van der Waals surface area contributed by atoms with Gasteiger partial charge in [0.2, 0.25) is 11.8 Å². The number of halogens is 1. The summed E-state index contributed by atoms with van der Waals surface area (Å²) < 4.78 is 6.12. The Labute approximate surface area is 191 Å². The Morgan fingerprint density at radius 1 is 0.903 bits per heavy atom. The molecule has 166 valence electrons. The summed E-state index contributed by atoms with van der Waals surface area (Å²) in [5, 5.41) is 8.14. The Hall–Kier alpha value is -2.87. The van der Waals surface area contributed by atoms with Crippen LogP contribution in [0.15, 0.2) is 53.0 Å². The molecule has 0 heterocycles. The number of alkyl carbamates (subject to hydrolysis) is 1. The summed E-state index contributed by atoms with van der Waals surface area (Å²) in [6, 6.07) is 14.8. The predicted octanol–water partition coefficient (Wildman–Crippen LogP) is 4.87. The van der Waals surface area contributed by atoms with E-state index < -0.39 is 11.7 Å². The predicted molar refractivity (Wildman–Crippen MR) is 125 cm³/mol. The highest BCUT2D eigenvalue weighted by atomic mass is 79.9. The number of rotatable bonds is 8. The number of anilines is 2. The normalized spacial score (nSPS) is 10.8. The zero-order chi connectivity index (χ0) is 22.9. The van der Waals surface area contributed by atoms with Crippen molar-refractivity contribution in [2.45, 2.75) is 45.6 Å². The van der Waals surface area contributed by atoms with Crippen molar-refractivity contribution in [1.29, 1.82) is 0 Å². The average Bonchev–Trinajstić information content (AvgIpc) is 2.66. The molecule has 8 heteroatoms. The summed E-state index contributed by atoms with van der Waals surface area (Å²) >= 11 is 3.39. The third kappa shape index (κ3) is 10.1. The number of ether oxygens (including phenoxy) is 1. The highest BCUT2D eigenvalue weighted by molar-refractivity contribution is 9.10. The summed E-state index contributed by atoms with van der Waals surface area (Å²) in [4.78, 5) is 35.9. The highest BCUT2D eigenvalue weighted by Gasteiger charge is 2.16. The maximum Gasteiger partial charge on any atom is 0.407 e. The first-order valence-corrected chi connectivity index (χ1v) is 10.8. The number of carbonyl (C=O) groups excluding carboxylic acids is 3. The molecular formula is C23H28BrN3O4. The molecule has 0 saturated heterocycles. The number of hydrogen-bond acceptors (Lipinski definition) is 4. The van der Waals surface area contributed by atoms with Gasteiger partial charge in [-0.2, -0.15) is 0 Å². The zero-order valence-corrected chi connectivity index (χ0v) is 19.5. The summed E-state index contributed by atoms with van der Waals surface area (Å²) in [6.45, 7) is 5.47. The number of carbonyl (C=O) groups is 3. The van der Waals surface area contributed by atoms with Crippen LogP contribution in [-0.4, -0.2) is 30.1 Å². The minimum Gasteiger partial charge on any atom is -0.444 e. The van der Waals surface area contributed by atoms with E-state index >= 15 is 0 Å². The molecule has 2 rings (SSSR count). The van der Waals surface area contributed by atoms with E-state index in [1.165, 1.54) is 0 Å². The summed E-state index contributed by atoms with van der Waals surface area (Å²) in [5.41, 5.74) is 1.66. The van der Waals surface area contributed by atoms with Crippen LogP contribution >= 0.6 is 15.9 Å². The molecule has 0 fully saturated rings. The van der Waals surface area contributed by atoms with Gasteiger partial charge in [-0.1, -0.05) is 34.1 Å². The van der Waals surface area contributed by atoms with E-state index in [-0.39, 0.29) is 24.8 Å². The summed E-state index contributed by atoms with van der Waals surface area (Å²) in [7, 11) is 0. The lowest BCUT2D eigenvalue weighted by atomic mass is 10.1. The smallest absolute Gasteiger partial charge is 0.407 e. The van der Waals surface area contributed by atoms with Crippen LogP contribution in [0.4, 0.5) is 16.2 Å². The fourth-order valence-electron chi connectivity index (χ4n) is 2.62. The molecule has 2 aromatic rings. The van der Waals surface area contributed by atoms with Crippen molar-refractivity contribution in [2.75, 3.05) is 17.2 Å². The first-order valence-electron chi connectivity index (χ1n) is 10.0. The largest absolute Gasteiger partial charge is 0.444 e. The van der Waals surface area contributed by atoms with Crippen LogP contribution in [0.5, 0.6) is 0 Å². The van der Waals surface area contributed by atoms with Crippen molar-refractivity contribution < 1.29 is 19.1 Å². The molecule has 2 aromatic carbocycles. The minimum atomic E-state index is -0.588. The molecule has 0 aliphatic rings. The van der Waals surface area contributed by atoms with Crippen molar-refractivity contribution >= 4 is 45.2 Å². The second-order valence-electron chi connectivity index (χ2n) is 7.98. The SMILES string of the molecule is CC(C)(C)OC(=O)NCCC(=O)Nc1cccc(NC(=O)CCc2ccc(Br)cc2)c1. The maximum absolute atomic E-state index is 12.2. The first kappa shape index (κ1) is 24.4. The van der Waals surface area contributed by atoms with E-state index in [2.05, 4.69) is 31.9 Å². The molecule has 0 aliphatic carbocycles. The van der Waals surface area contributed by atoms with Gasteiger partial charge < -0.3 is 20.7 Å². The molecular weight excluding hydrogens is 462 g/mol. The van der Waals surface area contributed by atoms with Gasteiger partial charge in [-0.05, 0) is 63.1 Å². The molecule has 0 radical (unpaired) electrons. The van der Waals surface area contributed by atoms with Crippen LogP contribution in [0, 0.1) is 0 Å². The minimum absolute atomic E-state index is 0.100. The maximum atomic E-state index is 12.2. The van der Waals surface area contributed by atoms with E-state index in [0.717, 1.165) is 10.0 Å². The van der Waals surface area contributed by atoms with Crippen LogP contribution in [0.25, 0.3) is 0 Å². The lowest BCUT2D eigenvalue weighted by Gasteiger charge is -2.19. The van der Waals surface area contributed by atoms with Crippen molar-refractivity contribution in [3.63, 3.8) is 0 Å². The van der Waals surface area contributed by atoms with Crippen LogP contribution in [0.1, 0.15) is 39.2 Å². The molecule has 7 nitrogen and oxygen atoms in total. The van der Waals surface area contributed by atoms with Crippen LogP contribution < -0.4 is 16.0 Å². The number of aryl methyl sites for hydroxylation is 1. The molecule has 0 aromatic heterocycles. The van der Waals surface area contributed by atoms with Crippen molar-refractivity contribution in [3.05, 3.63) is 58.6 Å². The fraction of sp³-hybridized carbons (Fsp3) is 0.348. The Kier molecular flexibility index (Phi) is 9.05. The van der Waals surface area contributed by atoms with E-state index in [1.807, 2.05) is 24.3 Å². The quantitative estimate of drug-likeness (QED) is 0.492. The molecule has 0 atom stereocenters. The standard InChI is InChI=1S/C23H28BrN3O4/c1-23(2,3)31-22(30)25-14-13-21(29)27-19-6-4-5-18(15-19)26-20(28)12-9-16-7-10-17(24)11-8-16/h4-8,10-11,15H,9,12-14H2,1-3H3,(H,25,30)(H,26,28)(H,27,29). The zero-order valence-electron chi connectivity index (χ0n) is 18.0. The molecule has 0 spiro atoms. The van der Waals surface area contributed by atoms with Gasteiger partial charge in [0.1, 0.15) is 5.60 Å². The monoisotopic (exact) mass is 489 g/mol. The molecule has 0 bridgehead atoms. The number of benzene rings is 2. The summed E-state index contributed by atoms with van der Waals surface area (Å²) in [6.07, 6.45) is 0.533. The van der Waals surface area contributed by atoms with Crippen LogP contribution in [0.2, 0.25) is 0 Å². The summed E-state index contributed by atoms with van der Waals surface area (Å²) in [5.74, 6) is -0.359. The van der Waals surface area contributed by atoms with E-state index in [1.54, 1.807) is 45.0 Å². The Morgan fingerprint density at radius 2 is 1.48 bits per heavy atom. The molecule has 31 heavy (non-hydrogen) atoms. The van der Waals surface area contributed by atoms with Gasteiger partial charge in [-0.3, -0.25) is 9.59 Å². The van der Waals surface area contributed by atoms with Crippen molar-refractivity contribution in [2.24, 2.45) is 0 Å². The van der Waals surface area contributed by atoms with E-state index in [4.69, 9.17) is 4.74 Å². The van der Waals surface area contributed by atoms with E-state index in [9.17, 15) is 14.4 Å². The lowest BCUT2D eigenvalue weighted by Crippen LogP contribution is -2.34. The van der Waals surface area contributed by atoms with Crippen LogP contribution in [0.3, 0.4) is 0 Å². The Morgan fingerprint density at radius 3 is 2.06 bits per heavy atom. The van der Waals surface area contributed by atoms with Gasteiger partial charge in [0.15, 0.2) is 0 Å². The molecule has 0 aliphatic heterocycles. The highest BCUT2D eigenvalue weighted by Crippen LogP contribution is 2.16. The molecule has 3 amide bonds.